The van der Waals surface area contributed by atoms with E-state index in [1.165, 1.54) is 0 Å². The predicted molar refractivity (Wildman–Crippen MR) is 103 cm³/mol. The molecular formula is C21H23N3O3. The molecule has 0 radical (unpaired) electrons. The molecule has 6 nitrogen and oxygen atoms in total. The summed E-state index contributed by atoms with van der Waals surface area (Å²) < 4.78 is 5.49. The highest BCUT2D eigenvalue weighted by atomic mass is 16.5. The van der Waals surface area contributed by atoms with E-state index in [0.29, 0.717) is 29.2 Å². The number of hydrogen-bond acceptors (Lipinski definition) is 4. The number of amides is 2. The average Bonchev–Trinajstić information content (AvgIpc) is 2.66. The van der Waals surface area contributed by atoms with Crippen molar-refractivity contribution in [2.24, 2.45) is 5.92 Å². The quantitative estimate of drug-likeness (QED) is 0.787. The zero-order valence-electron chi connectivity index (χ0n) is 15.7. The largest absolute Gasteiger partial charge is 0.493 e. The molecule has 0 heterocycles. The molecule has 0 fully saturated rings. The van der Waals surface area contributed by atoms with Crippen LogP contribution in [0.4, 0.5) is 5.69 Å². The number of anilines is 1. The molecule has 0 aliphatic heterocycles. The summed E-state index contributed by atoms with van der Waals surface area (Å²) in [6.45, 7) is 5.98. The highest BCUT2D eigenvalue weighted by molar-refractivity contribution is 6.02. The first-order valence-electron chi connectivity index (χ1n) is 8.80. The molecule has 2 rings (SSSR count). The number of hydrogen-bond donors (Lipinski definition) is 2. The van der Waals surface area contributed by atoms with Gasteiger partial charge in [0.1, 0.15) is 11.8 Å². The Kier molecular flexibility index (Phi) is 6.95. The van der Waals surface area contributed by atoms with Gasteiger partial charge in [0.15, 0.2) is 0 Å². The molecule has 0 saturated carbocycles. The lowest BCUT2D eigenvalue weighted by atomic mass is 10.0. The van der Waals surface area contributed by atoms with Gasteiger partial charge in [-0.25, -0.2) is 0 Å². The Labute approximate surface area is 159 Å². The molecule has 6 heteroatoms. The summed E-state index contributed by atoms with van der Waals surface area (Å²) in [4.78, 5) is 25.4. The molecule has 1 atom stereocenters. The number of ether oxygens (including phenoxy) is 1. The van der Waals surface area contributed by atoms with Gasteiger partial charge >= 0.3 is 0 Å². The van der Waals surface area contributed by atoms with E-state index >= 15 is 0 Å². The van der Waals surface area contributed by atoms with Gasteiger partial charge in [0, 0.05) is 5.69 Å². The Hall–Kier alpha value is -3.33. The van der Waals surface area contributed by atoms with Crippen LogP contribution in [-0.4, -0.2) is 24.5 Å². The van der Waals surface area contributed by atoms with Crippen LogP contribution in [0.2, 0.25) is 0 Å². The van der Waals surface area contributed by atoms with Crippen molar-refractivity contribution in [2.75, 3.05) is 11.9 Å². The van der Waals surface area contributed by atoms with Gasteiger partial charge in [0.25, 0.3) is 5.91 Å². The van der Waals surface area contributed by atoms with Gasteiger partial charge in [-0.3, -0.25) is 9.59 Å². The second-order valence-electron chi connectivity index (χ2n) is 6.31. The molecule has 140 valence electrons. The maximum atomic E-state index is 12.7. The zero-order chi connectivity index (χ0) is 19.8. The van der Waals surface area contributed by atoms with Crippen molar-refractivity contribution in [3.63, 3.8) is 0 Å². The van der Waals surface area contributed by atoms with Gasteiger partial charge < -0.3 is 15.4 Å². The van der Waals surface area contributed by atoms with Gasteiger partial charge in [-0.05, 0) is 43.2 Å². The lowest BCUT2D eigenvalue weighted by Crippen LogP contribution is -2.47. The van der Waals surface area contributed by atoms with E-state index in [1.807, 2.05) is 26.8 Å². The summed E-state index contributed by atoms with van der Waals surface area (Å²) in [5.74, 6) is -0.379. The first kappa shape index (κ1) is 20.0. The van der Waals surface area contributed by atoms with E-state index in [2.05, 4.69) is 10.6 Å². The van der Waals surface area contributed by atoms with Crippen LogP contribution in [0.3, 0.4) is 0 Å². The second-order valence-corrected chi connectivity index (χ2v) is 6.31. The molecule has 2 N–H and O–H groups in total. The standard InChI is InChI=1S/C21H23N3O3/c1-4-27-18-11-6-5-10-17(18)20(25)24-19(14(2)3)21(26)23-16-9-7-8-15(12-16)13-22/h5-12,14,19H,4H2,1-3H3,(H,23,26)(H,24,25)/t19-/m1/s1. The van der Waals surface area contributed by atoms with Crippen LogP contribution in [0, 0.1) is 17.2 Å². The summed E-state index contributed by atoms with van der Waals surface area (Å²) in [5, 5.41) is 14.5. The smallest absolute Gasteiger partial charge is 0.255 e. The third-order valence-corrected chi connectivity index (χ3v) is 3.93. The lowest BCUT2D eigenvalue weighted by Gasteiger charge is -2.22. The predicted octanol–water partition coefficient (Wildman–Crippen LogP) is 3.35. The molecular weight excluding hydrogens is 342 g/mol. The minimum absolute atomic E-state index is 0.132. The SMILES string of the molecule is CCOc1ccccc1C(=O)N[C@@H](C(=O)Nc1cccc(C#N)c1)C(C)C. The Morgan fingerprint density at radius 1 is 1.15 bits per heavy atom. The van der Waals surface area contributed by atoms with Gasteiger partial charge in [0.2, 0.25) is 5.91 Å². The highest BCUT2D eigenvalue weighted by Crippen LogP contribution is 2.19. The van der Waals surface area contributed by atoms with Gasteiger partial charge in [-0.1, -0.05) is 32.0 Å². The summed E-state index contributed by atoms with van der Waals surface area (Å²) in [7, 11) is 0. The molecule has 0 aliphatic rings. The third-order valence-electron chi connectivity index (χ3n) is 3.93. The van der Waals surface area contributed by atoms with Crippen molar-refractivity contribution in [1.82, 2.24) is 5.32 Å². The average molecular weight is 365 g/mol. The van der Waals surface area contributed by atoms with Crippen molar-refractivity contribution in [2.45, 2.75) is 26.8 Å². The van der Waals surface area contributed by atoms with E-state index in [1.54, 1.807) is 48.5 Å². The van der Waals surface area contributed by atoms with E-state index in [4.69, 9.17) is 10.00 Å². The van der Waals surface area contributed by atoms with E-state index < -0.39 is 6.04 Å². The molecule has 0 bridgehead atoms. The second kappa shape index (κ2) is 9.39. The van der Waals surface area contributed by atoms with Crippen LogP contribution < -0.4 is 15.4 Å². The van der Waals surface area contributed by atoms with Gasteiger partial charge in [0.05, 0.1) is 23.8 Å². The summed E-state index contributed by atoms with van der Waals surface area (Å²) in [6.07, 6.45) is 0. The molecule has 0 unspecified atom stereocenters. The number of nitrogens with zero attached hydrogens (tertiary/aromatic N) is 1. The Morgan fingerprint density at radius 3 is 2.56 bits per heavy atom. The molecule has 27 heavy (non-hydrogen) atoms. The van der Waals surface area contributed by atoms with Crippen LogP contribution in [0.5, 0.6) is 5.75 Å². The van der Waals surface area contributed by atoms with Crippen molar-refractivity contribution in [3.8, 4) is 11.8 Å². The van der Waals surface area contributed by atoms with E-state index in [-0.39, 0.29) is 17.7 Å². The summed E-state index contributed by atoms with van der Waals surface area (Å²) in [6, 6.07) is 14.8. The topological polar surface area (TPSA) is 91.2 Å². The Morgan fingerprint density at radius 2 is 1.89 bits per heavy atom. The van der Waals surface area contributed by atoms with Gasteiger partial charge in [-0.15, -0.1) is 0 Å². The molecule has 0 aromatic heterocycles. The van der Waals surface area contributed by atoms with Crippen molar-refractivity contribution in [1.29, 1.82) is 5.26 Å². The summed E-state index contributed by atoms with van der Waals surface area (Å²) in [5.41, 5.74) is 1.33. The molecule has 2 aromatic carbocycles. The third kappa shape index (κ3) is 5.32. The minimum atomic E-state index is -0.738. The van der Waals surface area contributed by atoms with Crippen molar-refractivity contribution in [3.05, 3.63) is 59.7 Å². The molecule has 2 amide bonds. The van der Waals surface area contributed by atoms with Crippen molar-refractivity contribution >= 4 is 17.5 Å². The number of carbonyl (C=O) groups excluding carboxylic acids is 2. The normalized spacial score (nSPS) is 11.4. The van der Waals surface area contributed by atoms with Crippen molar-refractivity contribution < 1.29 is 14.3 Å². The number of carbonyl (C=O) groups is 2. The first-order chi connectivity index (χ1) is 13.0. The number of nitriles is 1. The minimum Gasteiger partial charge on any atom is -0.493 e. The Balaban J connectivity index is 2.16. The lowest BCUT2D eigenvalue weighted by molar-refractivity contribution is -0.118. The fourth-order valence-corrected chi connectivity index (χ4v) is 2.58. The molecule has 0 aliphatic carbocycles. The van der Waals surface area contributed by atoms with Crippen LogP contribution in [0.1, 0.15) is 36.7 Å². The number of nitrogens with one attached hydrogen (secondary N) is 2. The molecule has 0 spiro atoms. The summed E-state index contributed by atoms with van der Waals surface area (Å²) >= 11 is 0. The highest BCUT2D eigenvalue weighted by Gasteiger charge is 2.26. The fourth-order valence-electron chi connectivity index (χ4n) is 2.58. The zero-order valence-corrected chi connectivity index (χ0v) is 15.7. The number of benzene rings is 2. The monoisotopic (exact) mass is 365 g/mol. The van der Waals surface area contributed by atoms with Crippen LogP contribution in [0.15, 0.2) is 48.5 Å². The maximum absolute atomic E-state index is 12.7. The first-order valence-corrected chi connectivity index (χ1v) is 8.80. The number of rotatable bonds is 7. The van der Waals surface area contributed by atoms with Crippen LogP contribution >= 0.6 is 0 Å². The van der Waals surface area contributed by atoms with E-state index in [0.717, 1.165) is 0 Å². The van der Waals surface area contributed by atoms with Crippen LogP contribution in [-0.2, 0) is 4.79 Å². The Bertz CT molecular complexity index is 856. The number of para-hydroxylation sites is 1. The van der Waals surface area contributed by atoms with Gasteiger partial charge in [-0.2, -0.15) is 5.26 Å². The van der Waals surface area contributed by atoms with Crippen LogP contribution in [0.25, 0.3) is 0 Å². The van der Waals surface area contributed by atoms with E-state index in [9.17, 15) is 9.59 Å². The molecule has 2 aromatic rings. The fraction of sp³-hybridized carbons (Fsp3) is 0.286. The maximum Gasteiger partial charge on any atom is 0.255 e. The molecule has 0 saturated heterocycles.